The molecule has 0 aromatic heterocycles. The largest absolute Gasteiger partial charge is 0.389 e. The number of carbonyl (C=O) groups excluding carboxylic acids is 1. The molecule has 0 aromatic rings. The molecule has 5 heteroatoms. The lowest BCUT2D eigenvalue weighted by molar-refractivity contribution is 0.0526. The molecule has 0 spiro atoms. The summed E-state index contributed by atoms with van der Waals surface area (Å²) < 4.78 is 0. The van der Waals surface area contributed by atoms with E-state index in [0.717, 1.165) is 18.6 Å². The first-order valence-corrected chi connectivity index (χ1v) is 8.22. The second-order valence-electron chi connectivity index (χ2n) is 6.06. The Labute approximate surface area is 121 Å². The van der Waals surface area contributed by atoms with Crippen molar-refractivity contribution in [2.24, 2.45) is 0 Å². The first-order chi connectivity index (χ1) is 8.81. The predicted octanol–water partition coefficient (Wildman–Crippen LogP) is 2.46. The lowest BCUT2D eigenvalue weighted by Crippen LogP contribution is -2.49. The van der Waals surface area contributed by atoms with E-state index in [2.05, 4.69) is 12.2 Å². The van der Waals surface area contributed by atoms with Gasteiger partial charge in [-0.2, -0.15) is 11.8 Å². The second kappa shape index (κ2) is 7.39. The molecule has 1 fully saturated rings. The van der Waals surface area contributed by atoms with E-state index < -0.39 is 5.60 Å². The maximum Gasteiger partial charge on any atom is 0.317 e. The van der Waals surface area contributed by atoms with Crippen molar-refractivity contribution in [1.29, 1.82) is 0 Å². The number of hydrogen-bond donors (Lipinski definition) is 2. The van der Waals surface area contributed by atoms with Crippen LogP contribution in [0.5, 0.6) is 0 Å². The third-order valence-electron chi connectivity index (χ3n) is 3.33. The van der Waals surface area contributed by atoms with Gasteiger partial charge < -0.3 is 15.3 Å². The van der Waals surface area contributed by atoms with E-state index in [4.69, 9.17) is 0 Å². The van der Waals surface area contributed by atoms with Crippen molar-refractivity contribution < 1.29 is 9.90 Å². The SMILES string of the molecule is CCSC1CCCC(NC(=O)N(C)CC(C)(C)O)C1. The summed E-state index contributed by atoms with van der Waals surface area (Å²) >= 11 is 2.00. The highest BCUT2D eigenvalue weighted by atomic mass is 32.2. The fourth-order valence-corrected chi connectivity index (χ4v) is 3.77. The molecular formula is C14H28N2O2S. The minimum Gasteiger partial charge on any atom is -0.389 e. The van der Waals surface area contributed by atoms with E-state index in [-0.39, 0.29) is 12.1 Å². The molecule has 0 heterocycles. The number of likely N-dealkylation sites (N-methyl/N-ethyl adjacent to an activating group) is 1. The average Bonchev–Trinajstić information content (AvgIpc) is 2.27. The fraction of sp³-hybridized carbons (Fsp3) is 0.929. The van der Waals surface area contributed by atoms with Crippen molar-refractivity contribution in [2.45, 2.75) is 63.3 Å². The van der Waals surface area contributed by atoms with Gasteiger partial charge in [0.1, 0.15) is 0 Å². The van der Waals surface area contributed by atoms with E-state index >= 15 is 0 Å². The van der Waals surface area contributed by atoms with Crippen LogP contribution in [0.15, 0.2) is 0 Å². The summed E-state index contributed by atoms with van der Waals surface area (Å²) in [6, 6.07) is 0.212. The number of nitrogens with one attached hydrogen (secondary N) is 1. The van der Waals surface area contributed by atoms with E-state index in [1.165, 1.54) is 12.8 Å². The Morgan fingerprint density at radius 2 is 2.16 bits per heavy atom. The maximum absolute atomic E-state index is 12.1. The Kier molecular flexibility index (Phi) is 6.47. The molecule has 2 N–H and O–H groups in total. The van der Waals surface area contributed by atoms with E-state index in [9.17, 15) is 9.90 Å². The number of hydrogen-bond acceptors (Lipinski definition) is 3. The standard InChI is InChI=1S/C14H28N2O2S/c1-5-19-12-8-6-7-11(9-12)15-13(17)16(4)10-14(2,3)18/h11-12,18H,5-10H2,1-4H3,(H,15,17). The molecule has 0 bridgehead atoms. The Hall–Kier alpha value is -0.420. The number of urea groups is 1. The molecule has 112 valence electrons. The summed E-state index contributed by atoms with van der Waals surface area (Å²) in [4.78, 5) is 13.6. The van der Waals surface area contributed by atoms with Crippen molar-refractivity contribution in [2.75, 3.05) is 19.3 Å². The molecule has 1 rings (SSSR count). The summed E-state index contributed by atoms with van der Waals surface area (Å²) in [5.41, 5.74) is -0.848. The topological polar surface area (TPSA) is 52.6 Å². The Bertz CT molecular complexity index is 290. The number of nitrogens with zero attached hydrogens (tertiary/aromatic N) is 1. The first kappa shape index (κ1) is 16.6. The monoisotopic (exact) mass is 288 g/mol. The number of rotatable bonds is 5. The summed E-state index contributed by atoms with van der Waals surface area (Å²) in [6.07, 6.45) is 4.60. The zero-order chi connectivity index (χ0) is 14.5. The van der Waals surface area contributed by atoms with E-state index in [0.29, 0.717) is 11.8 Å². The minimum absolute atomic E-state index is 0.0747. The van der Waals surface area contributed by atoms with Gasteiger partial charge in [-0.3, -0.25) is 0 Å². The minimum atomic E-state index is -0.848. The van der Waals surface area contributed by atoms with Crippen LogP contribution in [-0.2, 0) is 0 Å². The maximum atomic E-state index is 12.1. The van der Waals surface area contributed by atoms with Gasteiger partial charge in [-0.25, -0.2) is 4.79 Å². The first-order valence-electron chi connectivity index (χ1n) is 7.17. The quantitative estimate of drug-likeness (QED) is 0.817. The predicted molar refractivity (Wildman–Crippen MR) is 81.6 cm³/mol. The molecule has 1 saturated carbocycles. The van der Waals surface area contributed by atoms with Crippen LogP contribution >= 0.6 is 11.8 Å². The van der Waals surface area contributed by atoms with Gasteiger partial charge in [0.15, 0.2) is 0 Å². The zero-order valence-electron chi connectivity index (χ0n) is 12.6. The highest BCUT2D eigenvalue weighted by molar-refractivity contribution is 7.99. The second-order valence-corrected chi connectivity index (χ2v) is 7.64. The molecule has 2 unspecified atom stereocenters. The zero-order valence-corrected chi connectivity index (χ0v) is 13.4. The lowest BCUT2D eigenvalue weighted by Gasteiger charge is -2.32. The van der Waals surface area contributed by atoms with Crippen molar-refractivity contribution in [3.8, 4) is 0 Å². The molecule has 2 amide bonds. The highest BCUT2D eigenvalue weighted by Crippen LogP contribution is 2.28. The van der Waals surface area contributed by atoms with Crippen molar-refractivity contribution in [3.05, 3.63) is 0 Å². The van der Waals surface area contributed by atoms with E-state index in [1.54, 1.807) is 25.8 Å². The van der Waals surface area contributed by atoms with Gasteiger partial charge >= 0.3 is 6.03 Å². The summed E-state index contributed by atoms with van der Waals surface area (Å²) in [5.74, 6) is 1.14. The third kappa shape index (κ3) is 6.52. The van der Waals surface area contributed by atoms with Gasteiger partial charge in [-0.15, -0.1) is 0 Å². The number of carbonyl (C=O) groups is 1. The molecule has 19 heavy (non-hydrogen) atoms. The molecule has 2 atom stereocenters. The number of amides is 2. The molecule has 0 aromatic carbocycles. The molecule has 0 radical (unpaired) electrons. The third-order valence-corrected chi connectivity index (χ3v) is 4.56. The molecule has 0 saturated heterocycles. The van der Waals surface area contributed by atoms with Crippen LogP contribution in [0.4, 0.5) is 4.79 Å². The van der Waals surface area contributed by atoms with Crippen molar-refractivity contribution >= 4 is 17.8 Å². The van der Waals surface area contributed by atoms with Gasteiger partial charge in [-0.05, 0) is 38.9 Å². The van der Waals surface area contributed by atoms with Crippen LogP contribution in [0.3, 0.4) is 0 Å². The van der Waals surface area contributed by atoms with Crippen molar-refractivity contribution in [1.82, 2.24) is 10.2 Å². The molecule has 0 aliphatic heterocycles. The van der Waals surface area contributed by atoms with Crippen LogP contribution in [0.1, 0.15) is 46.5 Å². The average molecular weight is 288 g/mol. The Morgan fingerprint density at radius 3 is 2.74 bits per heavy atom. The fourth-order valence-electron chi connectivity index (χ4n) is 2.60. The molecule has 4 nitrogen and oxygen atoms in total. The molecule has 1 aliphatic carbocycles. The van der Waals surface area contributed by atoms with Gasteiger partial charge in [0.25, 0.3) is 0 Å². The van der Waals surface area contributed by atoms with Gasteiger partial charge in [0.2, 0.25) is 0 Å². The lowest BCUT2D eigenvalue weighted by atomic mass is 9.95. The Morgan fingerprint density at radius 1 is 1.47 bits per heavy atom. The van der Waals surface area contributed by atoms with Crippen LogP contribution in [0.2, 0.25) is 0 Å². The van der Waals surface area contributed by atoms with Crippen LogP contribution in [0.25, 0.3) is 0 Å². The van der Waals surface area contributed by atoms with Crippen LogP contribution in [0, 0.1) is 0 Å². The van der Waals surface area contributed by atoms with Crippen LogP contribution in [-0.4, -0.2) is 52.3 Å². The summed E-state index contributed by atoms with van der Waals surface area (Å²) in [5, 5.41) is 13.5. The van der Waals surface area contributed by atoms with Gasteiger partial charge in [-0.1, -0.05) is 13.3 Å². The highest BCUT2D eigenvalue weighted by Gasteiger charge is 2.25. The van der Waals surface area contributed by atoms with Gasteiger partial charge in [0, 0.05) is 18.3 Å². The number of thioether (sulfide) groups is 1. The molecule has 1 aliphatic rings. The summed E-state index contributed by atoms with van der Waals surface area (Å²) in [6.45, 7) is 5.96. The van der Waals surface area contributed by atoms with E-state index in [1.807, 2.05) is 11.8 Å². The van der Waals surface area contributed by atoms with Gasteiger partial charge in [0.05, 0.1) is 12.1 Å². The summed E-state index contributed by atoms with van der Waals surface area (Å²) in [7, 11) is 1.73. The number of aliphatic hydroxyl groups is 1. The molecular weight excluding hydrogens is 260 g/mol. The Balaban J connectivity index is 2.39. The van der Waals surface area contributed by atoms with Crippen LogP contribution < -0.4 is 5.32 Å². The smallest absolute Gasteiger partial charge is 0.317 e. The normalized spacial score (nSPS) is 24.1. The van der Waals surface area contributed by atoms with Crippen molar-refractivity contribution in [3.63, 3.8) is 0 Å².